The predicted octanol–water partition coefficient (Wildman–Crippen LogP) is 16.2. The van der Waals surface area contributed by atoms with Gasteiger partial charge in [0, 0.05) is 4.47 Å². The summed E-state index contributed by atoms with van der Waals surface area (Å²) in [6, 6.07) is 75.7. The molecule has 0 amide bonds. The molecule has 0 N–H and O–H groups in total. The van der Waals surface area contributed by atoms with Crippen molar-refractivity contribution in [3.63, 3.8) is 0 Å². The first-order chi connectivity index (χ1) is 29.1. The molecule has 58 heavy (non-hydrogen) atoms. The van der Waals surface area contributed by atoms with Crippen LogP contribution in [-0.4, -0.2) is 14.8 Å². The van der Waals surface area contributed by atoms with Crippen molar-refractivity contribution in [1.82, 2.24) is 0 Å². The third-order valence-corrected chi connectivity index (χ3v) is 11.1. The maximum absolute atomic E-state index is 9.96. The summed E-state index contributed by atoms with van der Waals surface area (Å²) in [5, 5.41) is 10.2. The number of fused-ring (bicyclic) bond motifs is 4. The third kappa shape index (κ3) is 8.29. The van der Waals surface area contributed by atoms with Crippen molar-refractivity contribution in [3.8, 4) is 44.5 Å². The molecule has 0 aliphatic carbocycles. The van der Waals surface area contributed by atoms with E-state index in [4.69, 9.17) is 1.37 Å². The summed E-state index contributed by atoms with van der Waals surface area (Å²) >= 11 is 7.04. The number of benzene rings is 10. The molecule has 0 fully saturated rings. The molecule has 279 valence electrons. The van der Waals surface area contributed by atoms with Crippen molar-refractivity contribution in [2.45, 2.75) is 0 Å². The van der Waals surface area contributed by atoms with Gasteiger partial charge in [-0.05, 0) is 110 Å². The fourth-order valence-corrected chi connectivity index (χ4v) is 8.50. The van der Waals surface area contributed by atoms with Crippen LogP contribution in [0.25, 0.3) is 87.6 Å². The van der Waals surface area contributed by atoms with Crippen molar-refractivity contribution in [3.05, 3.63) is 217 Å². The van der Waals surface area contributed by atoms with Gasteiger partial charge < -0.3 is 0 Å². The van der Waals surface area contributed by atoms with Gasteiger partial charge >= 0.3 is 24.8 Å². The van der Waals surface area contributed by atoms with E-state index in [-0.39, 0.29) is 0 Å². The Morgan fingerprint density at radius 2 is 0.707 bits per heavy atom. The molecule has 10 rings (SSSR count). The van der Waals surface area contributed by atoms with Crippen LogP contribution in [0, 0.1) is 0 Å². The Balaban J connectivity index is 0.000000158. The molecule has 0 atom stereocenters. The molecule has 0 heterocycles. The van der Waals surface area contributed by atoms with Gasteiger partial charge in [-0.25, -0.2) is 0 Å². The fourth-order valence-electron chi connectivity index (χ4n) is 7.81. The zero-order valence-corrected chi connectivity index (χ0v) is 34.1. The topological polar surface area (TPSA) is 12.4 Å². The van der Waals surface area contributed by atoms with E-state index in [1.807, 2.05) is 0 Å². The van der Waals surface area contributed by atoms with Crippen LogP contribution >= 0.6 is 28.7 Å². The molecular formula is C53H39BBrFNS. The van der Waals surface area contributed by atoms with Crippen molar-refractivity contribution in [1.29, 1.82) is 0 Å². The van der Waals surface area contributed by atoms with Crippen LogP contribution in [0.5, 0.6) is 0 Å². The standard InChI is InChI=1S/C26H17Br.C26H18.CH3F.BHNS/c27-26-23-16-8-6-14-21(23)25(22-15-7-9-17-24(22)26)20-13-5-4-12-19(20)18-10-2-1-3-11-18;1-2-10-19(11-3-1)22-14-8-9-17-25(22)26-23-15-6-4-12-20(23)18-21-13-5-7-16-24(21)26;1-2;1-2-3/h1-17H;1-18H;1H3;3H/i;;1D;. The third-order valence-electron chi connectivity index (χ3n) is 10.2. The molecule has 1 radical (unpaired) electrons. The van der Waals surface area contributed by atoms with Gasteiger partial charge in [-0.15, -0.1) is 0 Å². The molecule has 0 aliphatic heterocycles. The summed E-state index contributed by atoms with van der Waals surface area (Å²) in [6.45, 7) is 0. The van der Waals surface area contributed by atoms with Crippen LogP contribution in [0.2, 0.25) is 0 Å². The minimum Gasteiger partial charge on any atom is -0.0622 e. The van der Waals surface area contributed by atoms with Crippen LogP contribution in [-0.2, 0) is 0 Å². The maximum atomic E-state index is 9.96. The second-order valence-corrected chi connectivity index (χ2v) is 14.4. The van der Waals surface area contributed by atoms with Crippen LogP contribution in [0.15, 0.2) is 221 Å². The molecule has 0 aromatic heterocycles. The first kappa shape index (κ1) is 38.7. The number of hydrogen-bond acceptors (Lipinski definition) is 2. The minimum absolute atomic E-state index is 1.00. The first-order valence-electron chi connectivity index (χ1n) is 19.5. The zero-order valence-electron chi connectivity index (χ0n) is 32.6. The Kier molecular flexibility index (Phi) is 12.9. The average molecular weight is 833 g/mol. The Labute approximate surface area is 356 Å². The molecule has 10 aromatic rings. The van der Waals surface area contributed by atoms with E-state index in [0.29, 0.717) is 0 Å². The van der Waals surface area contributed by atoms with Crippen LogP contribution in [0.3, 0.4) is 0 Å². The Morgan fingerprint density at radius 3 is 1.10 bits per heavy atom. The smallest absolute Gasteiger partial charge is 0.00206 e. The largest absolute Gasteiger partial charge is 0.0622 e. The zero-order chi connectivity index (χ0) is 41.0. The number of alkyl halides is 1. The number of halogens is 2. The van der Waals surface area contributed by atoms with E-state index < -0.39 is 7.15 Å². The molecular weight excluding hydrogens is 792 g/mol. The van der Waals surface area contributed by atoms with Gasteiger partial charge in [-0.2, -0.15) is 0 Å². The SMILES string of the molecule is Brc1c2ccccc2c(-c2ccccc2-c2ccccc2)c2ccccc12.[2H]CF.[B]=NS.c1ccc(-c2ccccc2-c2c3ccccc3cc3ccccc23)cc1. The van der Waals surface area contributed by atoms with E-state index in [1.54, 1.807) is 0 Å². The Morgan fingerprint density at radius 1 is 0.431 bits per heavy atom. The molecule has 0 unspecified atom stereocenters. The van der Waals surface area contributed by atoms with Crippen molar-refractivity contribution >= 4 is 79.5 Å². The van der Waals surface area contributed by atoms with Gasteiger partial charge in [-0.3, -0.25) is 4.39 Å². The van der Waals surface area contributed by atoms with E-state index >= 15 is 0 Å². The van der Waals surface area contributed by atoms with Crippen LogP contribution in [0.1, 0.15) is 1.37 Å². The van der Waals surface area contributed by atoms with E-state index in [1.165, 1.54) is 87.6 Å². The molecule has 0 saturated heterocycles. The number of rotatable bonds is 4. The summed E-state index contributed by atoms with van der Waals surface area (Å²) in [4.78, 5) is 0. The van der Waals surface area contributed by atoms with Crippen molar-refractivity contribution in [2.24, 2.45) is 4.30 Å². The van der Waals surface area contributed by atoms with E-state index in [2.05, 4.69) is 253 Å². The van der Waals surface area contributed by atoms with Gasteiger partial charge in [0.2, 0.25) is 0 Å². The second-order valence-electron chi connectivity index (χ2n) is 13.4. The van der Waals surface area contributed by atoms with Gasteiger partial charge in [0.05, 0.1) is 8.52 Å². The monoisotopic (exact) mass is 831 g/mol. The van der Waals surface area contributed by atoms with E-state index in [0.717, 1.165) is 4.47 Å². The number of hydrogen-bond donors (Lipinski definition) is 1. The van der Waals surface area contributed by atoms with Gasteiger partial charge in [0.15, 0.2) is 0 Å². The van der Waals surface area contributed by atoms with Crippen molar-refractivity contribution in [2.75, 3.05) is 7.15 Å². The summed E-state index contributed by atoms with van der Waals surface area (Å²) in [7, 11) is 3.34. The summed E-state index contributed by atoms with van der Waals surface area (Å²) in [6.07, 6.45) is 0. The van der Waals surface area contributed by atoms with E-state index in [9.17, 15) is 4.39 Å². The van der Waals surface area contributed by atoms with Crippen molar-refractivity contribution < 1.29 is 5.76 Å². The molecule has 0 aliphatic rings. The van der Waals surface area contributed by atoms with Crippen LogP contribution in [0.4, 0.5) is 4.39 Å². The van der Waals surface area contributed by atoms with Crippen LogP contribution < -0.4 is 0 Å². The number of nitrogens with zero attached hydrogens (tertiary/aromatic N) is 1. The summed E-state index contributed by atoms with van der Waals surface area (Å²) < 4.78 is 19.4. The summed E-state index contributed by atoms with van der Waals surface area (Å²) in [5.41, 5.74) is 10.2. The number of thiol groups is 1. The van der Waals surface area contributed by atoms with Gasteiger partial charge in [-0.1, -0.05) is 206 Å². The second kappa shape index (κ2) is 19.3. The molecule has 0 spiro atoms. The Bertz CT molecular complexity index is 2890. The first-order valence-corrected chi connectivity index (χ1v) is 20.0. The molecule has 0 bridgehead atoms. The normalized spacial score (nSPS) is 10.7. The quantitative estimate of drug-likeness (QED) is 0.103. The van der Waals surface area contributed by atoms with Gasteiger partial charge in [0.1, 0.15) is 0 Å². The minimum atomic E-state index is -1.00. The molecule has 10 aromatic carbocycles. The summed E-state index contributed by atoms with van der Waals surface area (Å²) in [5.74, 6) is 0. The predicted molar refractivity (Wildman–Crippen MR) is 257 cm³/mol. The molecule has 1 nitrogen and oxygen atoms in total. The Hall–Kier alpha value is -6.14. The fraction of sp³-hybridized carbons (Fsp3) is 0.0189. The molecule has 0 saturated carbocycles. The van der Waals surface area contributed by atoms with Gasteiger partial charge in [0.25, 0.3) is 0 Å². The molecule has 5 heteroatoms. The maximum Gasteiger partial charge on any atom is -0.00206 e. The average Bonchev–Trinajstić information content (AvgIpc) is 3.30.